The second-order valence-electron chi connectivity index (χ2n) is 4.90. The Morgan fingerprint density at radius 3 is 2.33 bits per heavy atom. The van der Waals surface area contributed by atoms with Crippen molar-refractivity contribution in [3.05, 3.63) is 24.3 Å². The number of carboxylic acids is 1. The van der Waals surface area contributed by atoms with Gasteiger partial charge in [0.2, 0.25) is 5.91 Å². The monoisotopic (exact) mass is 294 g/mol. The average Bonchev–Trinajstić information content (AvgIpc) is 2.40. The summed E-state index contributed by atoms with van der Waals surface area (Å²) in [6, 6.07) is 7.03. The molecule has 2 N–H and O–H groups in total. The number of hydrogen-bond donors (Lipinski definition) is 2. The Morgan fingerprint density at radius 1 is 1.24 bits per heavy atom. The van der Waals surface area contributed by atoms with Crippen molar-refractivity contribution < 1.29 is 19.4 Å². The van der Waals surface area contributed by atoms with Crippen LogP contribution in [0.4, 0.5) is 5.69 Å². The van der Waals surface area contributed by atoms with Gasteiger partial charge in [-0.05, 0) is 45.0 Å². The van der Waals surface area contributed by atoms with Crippen LogP contribution >= 0.6 is 0 Å². The minimum atomic E-state index is -0.947. The third-order valence-corrected chi connectivity index (χ3v) is 2.86. The Hall–Kier alpha value is -2.08. The minimum absolute atomic E-state index is 0.0211. The lowest BCUT2D eigenvalue weighted by Gasteiger charge is -2.23. The molecule has 1 aromatic carbocycles. The molecular weight excluding hydrogens is 272 g/mol. The topological polar surface area (TPSA) is 78.9 Å². The van der Waals surface area contributed by atoms with Crippen LogP contribution in [0.5, 0.6) is 5.75 Å². The zero-order valence-corrected chi connectivity index (χ0v) is 12.6. The number of amides is 1. The summed E-state index contributed by atoms with van der Waals surface area (Å²) in [6.07, 6.45) is 0. The molecule has 1 rings (SSSR count). The van der Waals surface area contributed by atoms with Gasteiger partial charge in [0, 0.05) is 11.7 Å². The van der Waals surface area contributed by atoms with Crippen molar-refractivity contribution in [1.82, 2.24) is 4.90 Å². The van der Waals surface area contributed by atoms with E-state index in [1.165, 1.54) is 0 Å². The normalized spacial score (nSPS) is 10.7. The molecule has 0 saturated carbocycles. The number of ether oxygens (including phenoxy) is 1. The molecule has 0 aromatic heterocycles. The Balaban J connectivity index is 2.57. The predicted molar refractivity (Wildman–Crippen MR) is 80.6 cm³/mol. The minimum Gasteiger partial charge on any atom is -0.494 e. The number of benzene rings is 1. The Morgan fingerprint density at radius 2 is 1.86 bits per heavy atom. The van der Waals surface area contributed by atoms with E-state index in [0.29, 0.717) is 12.3 Å². The Labute approximate surface area is 124 Å². The fraction of sp³-hybridized carbons (Fsp3) is 0.467. The van der Waals surface area contributed by atoms with Crippen molar-refractivity contribution in [3.8, 4) is 5.75 Å². The molecule has 0 spiro atoms. The second kappa shape index (κ2) is 8.26. The van der Waals surface area contributed by atoms with Crippen LogP contribution in [0.25, 0.3) is 0 Å². The van der Waals surface area contributed by atoms with Crippen molar-refractivity contribution in [2.24, 2.45) is 0 Å². The number of carbonyl (C=O) groups is 2. The second-order valence-corrected chi connectivity index (χ2v) is 4.90. The van der Waals surface area contributed by atoms with Gasteiger partial charge in [-0.2, -0.15) is 0 Å². The van der Waals surface area contributed by atoms with Crippen LogP contribution in [-0.2, 0) is 9.59 Å². The van der Waals surface area contributed by atoms with Crippen LogP contribution in [0.15, 0.2) is 24.3 Å². The third kappa shape index (κ3) is 6.27. The van der Waals surface area contributed by atoms with Crippen LogP contribution in [-0.4, -0.2) is 47.6 Å². The van der Waals surface area contributed by atoms with Crippen LogP contribution in [0.1, 0.15) is 20.8 Å². The first-order valence-corrected chi connectivity index (χ1v) is 6.91. The summed E-state index contributed by atoms with van der Waals surface area (Å²) in [7, 11) is 0. The van der Waals surface area contributed by atoms with Gasteiger partial charge in [0.15, 0.2) is 0 Å². The van der Waals surface area contributed by atoms with E-state index in [1.807, 2.05) is 20.8 Å². The maximum absolute atomic E-state index is 11.9. The summed E-state index contributed by atoms with van der Waals surface area (Å²) in [6.45, 7) is 6.08. The fourth-order valence-corrected chi connectivity index (χ4v) is 1.78. The molecule has 0 aliphatic heterocycles. The molecule has 0 atom stereocenters. The zero-order valence-electron chi connectivity index (χ0n) is 12.6. The summed E-state index contributed by atoms with van der Waals surface area (Å²) in [4.78, 5) is 24.3. The first-order valence-electron chi connectivity index (χ1n) is 6.91. The highest BCUT2D eigenvalue weighted by molar-refractivity contribution is 5.92. The first-order chi connectivity index (χ1) is 9.92. The molecule has 0 heterocycles. The molecule has 1 aromatic rings. The quantitative estimate of drug-likeness (QED) is 0.764. The van der Waals surface area contributed by atoms with Crippen LogP contribution < -0.4 is 10.1 Å². The molecule has 0 unspecified atom stereocenters. The van der Waals surface area contributed by atoms with E-state index in [1.54, 1.807) is 29.2 Å². The highest BCUT2D eigenvalue weighted by atomic mass is 16.5. The summed E-state index contributed by atoms with van der Waals surface area (Å²) < 4.78 is 5.32. The fourth-order valence-electron chi connectivity index (χ4n) is 1.78. The summed E-state index contributed by atoms with van der Waals surface area (Å²) in [5.41, 5.74) is 0.655. The number of hydrogen-bond acceptors (Lipinski definition) is 4. The number of nitrogens with zero attached hydrogens (tertiary/aromatic N) is 1. The van der Waals surface area contributed by atoms with Gasteiger partial charge in [-0.15, -0.1) is 0 Å². The number of rotatable bonds is 8. The van der Waals surface area contributed by atoms with Gasteiger partial charge in [0.05, 0.1) is 19.7 Å². The van der Waals surface area contributed by atoms with Crippen LogP contribution in [0.2, 0.25) is 0 Å². The summed E-state index contributed by atoms with van der Waals surface area (Å²) in [5, 5.41) is 11.6. The molecule has 0 radical (unpaired) electrons. The van der Waals surface area contributed by atoms with Crippen molar-refractivity contribution in [2.75, 3.05) is 25.0 Å². The van der Waals surface area contributed by atoms with Crippen molar-refractivity contribution in [3.63, 3.8) is 0 Å². The lowest BCUT2D eigenvalue weighted by Crippen LogP contribution is -2.41. The molecule has 21 heavy (non-hydrogen) atoms. The Bertz CT molecular complexity index is 471. The van der Waals surface area contributed by atoms with E-state index in [2.05, 4.69) is 5.32 Å². The van der Waals surface area contributed by atoms with E-state index in [-0.39, 0.29) is 25.0 Å². The van der Waals surface area contributed by atoms with Gasteiger partial charge in [0.25, 0.3) is 0 Å². The third-order valence-electron chi connectivity index (χ3n) is 2.86. The van der Waals surface area contributed by atoms with E-state index < -0.39 is 5.97 Å². The smallest absolute Gasteiger partial charge is 0.317 e. The molecule has 0 aliphatic carbocycles. The SMILES string of the molecule is CCOc1ccc(NC(=O)CN(CC(=O)O)C(C)C)cc1. The largest absolute Gasteiger partial charge is 0.494 e. The van der Waals surface area contributed by atoms with Gasteiger partial charge >= 0.3 is 5.97 Å². The molecule has 0 fully saturated rings. The Kier molecular flexibility index (Phi) is 6.68. The van der Waals surface area contributed by atoms with Crippen molar-refractivity contribution in [2.45, 2.75) is 26.8 Å². The molecule has 0 bridgehead atoms. The first kappa shape index (κ1) is 17.0. The lowest BCUT2D eigenvalue weighted by atomic mass is 10.3. The van der Waals surface area contributed by atoms with E-state index in [0.717, 1.165) is 5.75 Å². The number of carbonyl (C=O) groups excluding carboxylic acids is 1. The summed E-state index contributed by atoms with van der Waals surface area (Å²) >= 11 is 0. The highest BCUT2D eigenvalue weighted by Crippen LogP contribution is 2.15. The zero-order chi connectivity index (χ0) is 15.8. The molecule has 0 saturated heterocycles. The molecule has 1 amide bonds. The number of anilines is 1. The maximum Gasteiger partial charge on any atom is 0.317 e. The molecule has 6 nitrogen and oxygen atoms in total. The van der Waals surface area contributed by atoms with Gasteiger partial charge in [-0.25, -0.2) is 0 Å². The predicted octanol–water partition coefficient (Wildman–Crippen LogP) is 1.82. The van der Waals surface area contributed by atoms with Crippen molar-refractivity contribution in [1.29, 1.82) is 0 Å². The number of nitrogens with one attached hydrogen (secondary N) is 1. The maximum atomic E-state index is 11.9. The lowest BCUT2D eigenvalue weighted by molar-refractivity contribution is -0.139. The molecule has 0 aliphatic rings. The standard InChI is InChI=1S/C15H22N2O4/c1-4-21-13-7-5-12(6-8-13)16-14(18)9-17(11(2)3)10-15(19)20/h5-8,11H,4,9-10H2,1-3H3,(H,16,18)(H,19,20). The summed E-state index contributed by atoms with van der Waals surface area (Å²) in [5.74, 6) is -0.447. The van der Waals surface area contributed by atoms with Gasteiger partial charge in [-0.3, -0.25) is 14.5 Å². The van der Waals surface area contributed by atoms with Crippen LogP contribution in [0, 0.1) is 0 Å². The van der Waals surface area contributed by atoms with Gasteiger partial charge < -0.3 is 15.2 Å². The highest BCUT2D eigenvalue weighted by Gasteiger charge is 2.16. The van der Waals surface area contributed by atoms with E-state index in [9.17, 15) is 9.59 Å². The van der Waals surface area contributed by atoms with Gasteiger partial charge in [0.1, 0.15) is 5.75 Å². The van der Waals surface area contributed by atoms with Crippen molar-refractivity contribution >= 4 is 17.6 Å². The molecular formula is C15H22N2O4. The number of aliphatic carboxylic acids is 1. The molecule has 116 valence electrons. The average molecular weight is 294 g/mol. The van der Waals surface area contributed by atoms with E-state index >= 15 is 0 Å². The van der Waals surface area contributed by atoms with Crippen LogP contribution in [0.3, 0.4) is 0 Å². The van der Waals surface area contributed by atoms with Gasteiger partial charge in [-0.1, -0.05) is 0 Å². The van der Waals surface area contributed by atoms with E-state index in [4.69, 9.17) is 9.84 Å². The number of carboxylic acid groups (broad SMARTS) is 1. The molecule has 6 heteroatoms.